The Bertz CT molecular complexity index is 539. The first-order valence-electron chi connectivity index (χ1n) is 7.71. The van der Waals surface area contributed by atoms with Crippen LogP contribution >= 0.6 is 0 Å². The van der Waals surface area contributed by atoms with Gasteiger partial charge in [-0.1, -0.05) is 45.0 Å². The molecule has 0 aliphatic heterocycles. The van der Waals surface area contributed by atoms with Crippen LogP contribution in [0.3, 0.4) is 0 Å². The molecule has 0 bridgehead atoms. The molecule has 1 aromatic carbocycles. The van der Waals surface area contributed by atoms with Crippen LogP contribution in [0.15, 0.2) is 24.3 Å². The number of nitrogens with zero attached hydrogens (tertiary/aromatic N) is 1. The Labute approximate surface area is 131 Å². The van der Waals surface area contributed by atoms with Gasteiger partial charge in [0.15, 0.2) is 0 Å². The normalized spacial score (nSPS) is 22.2. The van der Waals surface area contributed by atoms with Crippen molar-refractivity contribution < 1.29 is 15.0 Å². The Hall–Kier alpha value is -1.59. The number of carbonyl (C=O) groups is 1. The summed E-state index contributed by atoms with van der Waals surface area (Å²) in [7, 11) is 0. The zero-order valence-corrected chi connectivity index (χ0v) is 13.5. The van der Waals surface area contributed by atoms with E-state index in [0.29, 0.717) is 6.42 Å². The molecule has 0 heterocycles. The number of carboxylic acid groups (broad SMARTS) is 1. The molecule has 22 heavy (non-hydrogen) atoms. The summed E-state index contributed by atoms with van der Waals surface area (Å²) in [5.74, 6) is 0.102. The van der Waals surface area contributed by atoms with E-state index in [4.69, 9.17) is 5.73 Å². The number of hydrogen-bond donors (Lipinski definition) is 3. The second kappa shape index (κ2) is 6.26. The Balaban J connectivity index is 2.38. The first-order chi connectivity index (χ1) is 10.3. The SMILES string of the molecule is CC(C)(C)[C@@H]1c2ccccc2CC1N(CC(O)CN)C(=O)O. The average molecular weight is 306 g/mol. The predicted octanol–water partition coefficient (Wildman–Crippen LogP) is 2.04. The van der Waals surface area contributed by atoms with Gasteiger partial charge in [0.1, 0.15) is 0 Å². The highest BCUT2D eigenvalue weighted by atomic mass is 16.4. The van der Waals surface area contributed by atoms with Crippen LogP contribution in [0.2, 0.25) is 0 Å². The van der Waals surface area contributed by atoms with Crippen LogP contribution in [0.4, 0.5) is 4.79 Å². The number of aliphatic hydroxyl groups is 1. The quantitative estimate of drug-likeness (QED) is 0.794. The first kappa shape index (κ1) is 16.8. The van der Waals surface area contributed by atoms with E-state index in [-0.39, 0.29) is 30.5 Å². The largest absolute Gasteiger partial charge is 0.465 e. The zero-order valence-electron chi connectivity index (χ0n) is 13.5. The van der Waals surface area contributed by atoms with Crippen LogP contribution in [0.5, 0.6) is 0 Å². The van der Waals surface area contributed by atoms with Gasteiger partial charge in [-0.05, 0) is 23.0 Å². The van der Waals surface area contributed by atoms with Crippen molar-refractivity contribution in [3.8, 4) is 0 Å². The highest BCUT2D eigenvalue weighted by molar-refractivity contribution is 5.66. The third kappa shape index (κ3) is 3.25. The Morgan fingerprint density at radius 2 is 2.05 bits per heavy atom. The smallest absolute Gasteiger partial charge is 0.407 e. The number of aliphatic hydroxyl groups excluding tert-OH is 1. The summed E-state index contributed by atoms with van der Waals surface area (Å²) >= 11 is 0. The van der Waals surface area contributed by atoms with E-state index in [1.54, 1.807) is 0 Å². The van der Waals surface area contributed by atoms with Crippen molar-refractivity contribution in [2.45, 2.75) is 45.3 Å². The fourth-order valence-electron chi connectivity index (χ4n) is 3.56. The number of benzene rings is 1. The molecule has 2 unspecified atom stereocenters. The molecular formula is C17H26N2O3. The van der Waals surface area contributed by atoms with Gasteiger partial charge in [0.25, 0.3) is 0 Å². The van der Waals surface area contributed by atoms with Gasteiger partial charge in [-0.3, -0.25) is 0 Å². The Morgan fingerprint density at radius 3 is 2.59 bits per heavy atom. The summed E-state index contributed by atoms with van der Waals surface area (Å²) in [5.41, 5.74) is 7.79. The second-order valence-electron chi connectivity index (χ2n) is 7.14. The predicted molar refractivity (Wildman–Crippen MR) is 85.9 cm³/mol. The van der Waals surface area contributed by atoms with Gasteiger partial charge in [-0.2, -0.15) is 0 Å². The highest BCUT2D eigenvalue weighted by Gasteiger charge is 2.44. The summed E-state index contributed by atoms with van der Waals surface area (Å²) < 4.78 is 0. The summed E-state index contributed by atoms with van der Waals surface area (Å²) in [6, 6.07) is 7.97. The van der Waals surface area contributed by atoms with Crippen molar-refractivity contribution in [3.05, 3.63) is 35.4 Å². The lowest BCUT2D eigenvalue weighted by atomic mass is 9.75. The van der Waals surface area contributed by atoms with Crippen LogP contribution in [0.1, 0.15) is 37.8 Å². The van der Waals surface area contributed by atoms with E-state index >= 15 is 0 Å². The molecule has 2 rings (SSSR count). The van der Waals surface area contributed by atoms with Gasteiger partial charge in [-0.25, -0.2) is 4.79 Å². The molecule has 0 radical (unpaired) electrons. The summed E-state index contributed by atoms with van der Waals surface area (Å²) in [5, 5.41) is 19.4. The number of amides is 1. The first-order valence-corrected chi connectivity index (χ1v) is 7.71. The summed E-state index contributed by atoms with van der Waals surface area (Å²) in [4.78, 5) is 13.1. The van der Waals surface area contributed by atoms with E-state index in [1.807, 2.05) is 12.1 Å². The average Bonchev–Trinajstić information content (AvgIpc) is 2.82. The molecule has 1 aliphatic carbocycles. The third-order valence-electron chi connectivity index (χ3n) is 4.46. The molecule has 1 aromatic rings. The van der Waals surface area contributed by atoms with E-state index < -0.39 is 12.2 Å². The van der Waals surface area contributed by atoms with E-state index in [1.165, 1.54) is 16.0 Å². The van der Waals surface area contributed by atoms with Gasteiger partial charge >= 0.3 is 6.09 Å². The molecule has 5 nitrogen and oxygen atoms in total. The van der Waals surface area contributed by atoms with E-state index in [0.717, 1.165) is 0 Å². The van der Waals surface area contributed by atoms with Crippen molar-refractivity contribution in [1.29, 1.82) is 0 Å². The lowest BCUT2D eigenvalue weighted by Crippen LogP contribution is -2.49. The fourth-order valence-corrected chi connectivity index (χ4v) is 3.56. The van der Waals surface area contributed by atoms with Gasteiger partial charge in [0.05, 0.1) is 12.6 Å². The minimum atomic E-state index is -1.00. The lowest BCUT2D eigenvalue weighted by Gasteiger charge is -2.39. The molecule has 122 valence electrons. The number of hydrogen-bond acceptors (Lipinski definition) is 3. The number of nitrogens with two attached hydrogens (primary N) is 1. The van der Waals surface area contributed by atoms with Crippen LogP contribution < -0.4 is 5.73 Å². The van der Waals surface area contributed by atoms with Gasteiger partial charge in [-0.15, -0.1) is 0 Å². The zero-order chi connectivity index (χ0) is 16.5. The molecule has 1 amide bonds. The molecule has 3 atom stereocenters. The van der Waals surface area contributed by atoms with Crippen molar-refractivity contribution in [3.63, 3.8) is 0 Å². The molecule has 1 aliphatic rings. The minimum Gasteiger partial charge on any atom is -0.465 e. The third-order valence-corrected chi connectivity index (χ3v) is 4.46. The van der Waals surface area contributed by atoms with Crippen LogP contribution in [-0.2, 0) is 6.42 Å². The van der Waals surface area contributed by atoms with Crippen LogP contribution in [-0.4, -0.2) is 46.4 Å². The topological polar surface area (TPSA) is 86.8 Å². The summed E-state index contributed by atoms with van der Waals surface area (Å²) in [6.07, 6.45) is -1.15. The molecule has 0 fully saturated rings. The maximum Gasteiger partial charge on any atom is 0.407 e. The maximum atomic E-state index is 11.7. The Morgan fingerprint density at radius 1 is 1.41 bits per heavy atom. The minimum absolute atomic E-state index is 0.0526. The molecule has 4 N–H and O–H groups in total. The van der Waals surface area contributed by atoms with Gasteiger partial charge in [0, 0.05) is 18.5 Å². The standard InChI is InChI=1S/C17H26N2O3/c1-17(2,3)15-13-7-5-4-6-11(13)8-14(15)19(16(21)22)10-12(20)9-18/h4-7,12,14-15,20H,8-10,18H2,1-3H3,(H,21,22)/t12?,14?,15-/m1/s1. The molecule has 0 saturated heterocycles. The molecular weight excluding hydrogens is 280 g/mol. The van der Waals surface area contributed by atoms with Crippen molar-refractivity contribution >= 4 is 6.09 Å². The number of rotatable bonds is 4. The number of fused-ring (bicyclic) bond motifs is 1. The van der Waals surface area contributed by atoms with Gasteiger partial charge < -0.3 is 20.8 Å². The molecule has 5 heteroatoms. The summed E-state index contributed by atoms with van der Waals surface area (Å²) in [6.45, 7) is 6.51. The van der Waals surface area contributed by atoms with Gasteiger partial charge in [0.2, 0.25) is 0 Å². The highest BCUT2D eigenvalue weighted by Crippen LogP contribution is 2.46. The van der Waals surface area contributed by atoms with Crippen molar-refractivity contribution in [2.24, 2.45) is 11.1 Å². The van der Waals surface area contributed by atoms with Crippen LogP contribution in [0.25, 0.3) is 0 Å². The maximum absolute atomic E-state index is 11.7. The van der Waals surface area contributed by atoms with Crippen molar-refractivity contribution in [1.82, 2.24) is 4.90 Å². The Kier molecular flexibility index (Phi) is 4.78. The van der Waals surface area contributed by atoms with E-state index in [9.17, 15) is 15.0 Å². The molecule has 0 aromatic heterocycles. The van der Waals surface area contributed by atoms with Crippen LogP contribution in [0, 0.1) is 5.41 Å². The lowest BCUT2D eigenvalue weighted by molar-refractivity contribution is 0.0632. The second-order valence-corrected chi connectivity index (χ2v) is 7.14. The molecule has 0 spiro atoms. The monoisotopic (exact) mass is 306 g/mol. The van der Waals surface area contributed by atoms with Crippen molar-refractivity contribution in [2.75, 3.05) is 13.1 Å². The van der Waals surface area contributed by atoms with E-state index in [2.05, 4.69) is 32.9 Å². The fraction of sp³-hybridized carbons (Fsp3) is 0.588. The molecule has 0 saturated carbocycles.